The topological polar surface area (TPSA) is 77.8 Å². The van der Waals surface area contributed by atoms with E-state index in [0.717, 1.165) is 0 Å². The van der Waals surface area contributed by atoms with E-state index in [4.69, 9.17) is 11.6 Å². The summed E-state index contributed by atoms with van der Waals surface area (Å²) >= 11 is 6.27. The molecule has 0 fully saturated rings. The first-order chi connectivity index (χ1) is 10.6. The highest BCUT2D eigenvalue weighted by Gasteiger charge is 2.48. The first kappa shape index (κ1) is 17.1. The zero-order valence-electron chi connectivity index (χ0n) is 13.3. The van der Waals surface area contributed by atoms with Crippen molar-refractivity contribution >= 4 is 23.5 Å². The van der Waals surface area contributed by atoms with E-state index in [1.54, 1.807) is 57.0 Å². The first-order valence-corrected chi connectivity index (χ1v) is 7.39. The molecule has 1 aliphatic rings. The number of benzene rings is 1. The minimum absolute atomic E-state index is 0.0103. The van der Waals surface area contributed by atoms with Gasteiger partial charge in [-0.15, -0.1) is 0 Å². The van der Waals surface area contributed by atoms with Crippen molar-refractivity contribution in [3.63, 3.8) is 0 Å². The summed E-state index contributed by atoms with van der Waals surface area (Å²) in [6.45, 7) is 4.93. The SMILES string of the molecule is CC1=C(C(=O)O)C(C)(c2ccccc2Cl)C(C(=O)O)=C(C)N1C. The van der Waals surface area contributed by atoms with Crippen molar-refractivity contribution in [3.8, 4) is 0 Å². The molecule has 5 nitrogen and oxygen atoms in total. The summed E-state index contributed by atoms with van der Waals surface area (Å²) in [5.41, 5.74) is 0.108. The Morgan fingerprint density at radius 1 is 1.04 bits per heavy atom. The van der Waals surface area contributed by atoms with Crippen LogP contribution < -0.4 is 0 Å². The Bertz CT molecular complexity index is 726. The summed E-state index contributed by atoms with van der Waals surface area (Å²) in [4.78, 5) is 25.5. The molecule has 0 unspecified atom stereocenters. The molecule has 0 aromatic heterocycles. The minimum Gasteiger partial charge on any atom is -0.478 e. The molecule has 0 spiro atoms. The summed E-state index contributed by atoms with van der Waals surface area (Å²) in [7, 11) is 1.66. The Balaban J connectivity index is 2.95. The Kier molecular flexibility index (Phi) is 4.26. The van der Waals surface area contributed by atoms with Crippen molar-refractivity contribution < 1.29 is 19.8 Å². The number of carboxylic acid groups (broad SMARTS) is 2. The molecule has 1 aromatic rings. The number of carbonyl (C=O) groups is 2. The number of halogens is 1. The average molecular weight is 336 g/mol. The van der Waals surface area contributed by atoms with Gasteiger partial charge in [-0.25, -0.2) is 9.59 Å². The summed E-state index contributed by atoms with van der Waals surface area (Å²) in [5.74, 6) is -2.33. The van der Waals surface area contributed by atoms with Crippen LogP contribution in [0.2, 0.25) is 5.02 Å². The van der Waals surface area contributed by atoms with Gasteiger partial charge in [0.1, 0.15) is 0 Å². The third kappa shape index (κ3) is 2.41. The molecule has 1 heterocycles. The van der Waals surface area contributed by atoms with E-state index in [1.807, 2.05) is 0 Å². The molecule has 0 saturated carbocycles. The summed E-state index contributed by atoms with van der Waals surface area (Å²) in [6, 6.07) is 6.73. The molecule has 6 heteroatoms. The molecule has 2 N–H and O–H groups in total. The highest BCUT2D eigenvalue weighted by molar-refractivity contribution is 6.31. The fourth-order valence-electron chi connectivity index (χ4n) is 3.31. The maximum atomic E-state index is 11.9. The van der Waals surface area contributed by atoms with E-state index < -0.39 is 17.4 Å². The monoisotopic (exact) mass is 335 g/mol. The van der Waals surface area contributed by atoms with E-state index in [2.05, 4.69) is 0 Å². The number of hydrogen-bond donors (Lipinski definition) is 2. The molecule has 1 aliphatic heterocycles. The molecule has 0 saturated heterocycles. The normalized spacial score (nSPS) is 17.5. The van der Waals surface area contributed by atoms with Crippen molar-refractivity contribution in [1.29, 1.82) is 0 Å². The molecule has 23 heavy (non-hydrogen) atoms. The van der Waals surface area contributed by atoms with Crippen LogP contribution in [0.25, 0.3) is 0 Å². The van der Waals surface area contributed by atoms with Crippen molar-refractivity contribution in [1.82, 2.24) is 4.90 Å². The predicted octanol–water partition coefficient (Wildman–Crippen LogP) is 3.26. The summed E-state index contributed by atoms with van der Waals surface area (Å²) < 4.78 is 0. The lowest BCUT2D eigenvalue weighted by atomic mass is 9.67. The molecule has 0 radical (unpaired) electrons. The Hall–Kier alpha value is -2.27. The third-order valence-electron chi connectivity index (χ3n) is 4.57. The molecular formula is C17H18ClNO4. The van der Waals surface area contributed by atoms with Gasteiger partial charge in [-0.2, -0.15) is 0 Å². The zero-order valence-corrected chi connectivity index (χ0v) is 14.1. The maximum Gasteiger partial charge on any atom is 0.334 e. The maximum absolute atomic E-state index is 11.9. The average Bonchev–Trinajstić information content (AvgIpc) is 2.44. The smallest absolute Gasteiger partial charge is 0.334 e. The number of carboxylic acids is 2. The second-order valence-corrected chi connectivity index (χ2v) is 6.10. The molecule has 2 rings (SSSR count). The number of hydrogen-bond acceptors (Lipinski definition) is 3. The van der Waals surface area contributed by atoms with E-state index in [0.29, 0.717) is 22.0 Å². The Morgan fingerprint density at radius 3 is 1.87 bits per heavy atom. The van der Waals surface area contributed by atoms with Crippen LogP contribution in [-0.2, 0) is 15.0 Å². The molecule has 0 amide bonds. The largest absolute Gasteiger partial charge is 0.478 e. The lowest BCUT2D eigenvalue weighted by molar-refractivity contribution is -0.134. The van der Waals surface area contributed by atoms with Gasteiger partial charge in [0.15, 0.2) is 0 Å². The van der Waals surface area contributed by atoms with Gasteiger partial charge in [0.25, 0.3) is 0 Å². The van der Waals surface area contributed by atoms with Crippen molar-refractivity contribution in [2.45, 2.75) is 26.2 Å². The number of allylic oxidation sites excluding steroid dienone is 2. The third-order valence-corrected chi connectivity index (χ3v) is 4.90. The number of nitrogens with zero attached hydrogens (tertiary/aromatic N) is 1. The highest BCUT2D eigenvalue weighted by atomic mass is 35.5. The molecule has 0 aliphatic carbocycles. The Labute approximate surface area is 139 Å². The summed E-state index contributed by atoms with van der Waals surface area (Å²) in [6.07, 6.45) is 0. The molecule has 0 bridgehead atoms. The molecule has 1 aromatic carbocycles. The van der Waals surface area contributed by atoms with Crippen molar-refractivity contribution in [3.05, 3.63) is 57.4 Å². The fourth-order valence-corrected chi connectivity index (χ4v) is 3.63. The molecule has 0 atom stereocenters. The van der Waals surface area contributed by atoms with Gasteiger partial charge >= 0.3 is 11.9 Å². The van der Waals surface area contributed by atoms with E-state index in [9.17, 15) is 19.8 Å². The van der Waals surface area contributed by atoms with E-state index in [1.165, 1.54) is 0 Å². The van der Waals surface area contributed by atoms with E-state index >= 15 is 0 Å². The zero-order chi connectivity index (χ0) is 17.5. The van der Waals surface area contributed by atoms with Crippen LogP contribution in [-0.4, -0.2) is 34.1 Å². The van der Waals surface area contributed by atoms with Crippen LogP contribution in [0.3, 0.4) is 0 Å². The van der Waals surface area contributed by atoms with Gasteiger partial charge in [-0.05, 0) is 32.4 Å². The number of rotatable bonds is 3. The van der Waals surface area contributed by atoms with Crippen molar-refractivity contribution in [2.75, 3.05) is 7.05 Å². The quantitative estimate of drug-likeness (QED) is 0.886. The van der Waals surface area contributed by atoms with Crippen LogP contribution in [0, 0.1) is 0 Å². The number of aliphatic carboxylic acids is 2. The lowest BCUT2D eigenvalue weighted by Crippen LogP contribution is -2.43. The van der Waals surface area contributed by atoms with Gasteiger partial charge in [0.2, 0.25) is 0 Å². The van der Waals surface area contributed by atoms with Gasteiger partial charge in [-0.1, -0.05) is 29.8 Å². The van der Waals surface area contributed by atoms with E-state index in [-0.39, 0.29) is 11.1 Å². The second kappa shape index (κ2) is 5.74. The minimum atomic E-state index is -1.35. The molecule has 122 valence electrons. The van der Waals surface area contributed by atoms with Gasteiger partial charge < -0.3 is 15.1 Å². The van der Waals surface area contributed by atoms with Gasteiger partial charge in [0, 0.05) is 23.5 Å². The Morgan fingerprint density at radius 2 is 1.48 bits per heavy atom. The van der Waals surface area contributed by atoms with Crippen LogP contribution in [0.1, 0.15) is 26.3 Å². The van der Waals surface area contributed by atoms with Crippen LogP contribution >= 0.6 is 11.6 Å². The molecular weight excluding hydrogens is 318 g/mol. The predicted molar refractivity (Wildman–Crippen MR) is 87.2 cm³/mol. The summed E-state index contributed by atoms with van der Waals surface area (Å²) in [5, 5.41) is 19.8. The van der Waals surface area contributed by atoms with Crippen LogP contribution in [0.15, 0.2) is 46.8 Å². The van der Waals surface area contributed by atoms with Gasteiger partial charge in [0.05, 0.1) is 16.6 Å². The van der Waals surface area contributed by atoms with Crippen LogP contribution in [0.5, 0.6) is 0 Å². The lowest BCUT2D eigenvalue weighted by Gasteiger charge is -2.41. The second-order valence-electron chi connectivity index (χ2n) is 5.69. The standard InChI is InChI=1S/C17H18ClNO4/c1-9-13(15(20)21)17(3,11-7-5-6-8-12(11)18)14(16(22)23)10(2)19(9)4/h5-8H,1-4H3,(H,20,21)(H,22,23). The fraction of sp³-hybridized carbons (Fsp3) is 0.294. The highest BCUT2D eigenvalue weighted by Crippen LogP contribution is 2.48. The van der Waals surface area contributed by atoms with Crippen LogP contribution in [0.4, 0.5) is 0 Å². The first-order valence-electron chi connectivity index (χ1n) is 7.02. The van der Waals surface area contributed by atoms with Crippen molar-refractivity contribution in [2.24, 2.45) is 0 Å². The van der Waals surface area contributed by atoms with Gasteiger partial charge in [-0.3, -0.25) is 0 Å².